The van der Waals surface area contributed by atoms with Crippen LogP contribution in [0.3, 0.4) is 0 Å². The number of aromatic nitrogens is 4. The summed E-state index contributed by atoms with van der Waals surface area (Å²) in [4.78, 5) is 4.29. The molecular formula is C14H15N5O. The van der Waals surface area contributed by atoms with Crippen molar-refractivity contribution < 1.29 is 5.11 Å². The van der Waals surface area contributed by atoms with Gasteiger partial charge in [-0.05, 0) is 31.0 Å². The molecule has 0 aliphatic heterocycles. The van der Waals surface area contributed by atoms with Crippen molar-refractivity contribution in [3.05, 3.63) is 48.0 Å². The molecule has 3 aromatic rings. The van der Waals surface area contributed by atoms with Crippen LogP contribution in [0.15, 0.2) is 36.7 Å². The van der Waals surface area contributed by atoms with Crippen molar-refractivity contribution in [2.45, 2.75) is 13.3 Å². The Bertz CT molecular complexity index is 720. The molecule has 0 unspecified atom stereocenters. The van der Waals surface area contributed by atoms with Crippen molar-refractivity contribution in [2.24, 2.45) is 0 Å². The molecule has 0 amide bonds. The fraction of sp³-hybridized carbons (Fsp3) is 0.214. The average molecular weight is 269 g/mol. The van der Waals surface area contributed by atoms with Crippen LogP contribution in [0.1, 0.15) is 11.4 Å². The number of hydrogen-bond acceptors (Lipinski definition) is 5. The van der Waals surface area contributed by atoms with Gasteiger partial charge in [0.2, 0.25) is 5.65 Å². The molecule has 0 bridgehead atoms. The van der Waals surface area contributed by atoms with Gasteiger partial charge in [-0.2, -0.15) is 0 Å². The van der Waals surface area contributed by atoms with E-state index in [0.717, 1.165) is 35.8 Å². The molecule has 0 spiro atoms. The Balaban J connectivity index is 1.69. The van der Waals surface area contributed by atoms with Gasteiger partial charge in [0.05, 0.1) is 0 Å². The molecule has 102 valence electrons. The Morgan fingerprint density at radius 2 is 2.00 bits per heavy atom. The smallest absolute Gasteiger partial charge is 0.203 e. The van der Waals surface area contributed by atoms with Crippen LogP contribution in [-0.2, 0) is 6.42 Å². The third-order valence-electron chi connectivity index (χ3n) is 3.14. The van der Waals surface area contributed by atoms with E-state index in [-0.39, 0.29) is 5.75 Å². The number of anilines is 1. The summed E-state index contributed by atoms with van der Waals surface area (Å²) in [5.41, 5.74) is 1.88. The van der Waals surface area contributed by atoms with Crippen LogP contribution < -0.4 is 5.32 Å². The summed E-state index contributed by atoms with van der Waals surface area (Å²) in [6.07, 6.45) is 4.41. The molecule has 3 rings (SSSR count). The van der Waals surface area contributed by atoms with Crippen molar-refractivity contribution in [3.63, 3.8) is 0 Å². The second kappa shape index (κ2) is 5.16. The highest BCUT2D eigenvalue weighted by atomic mass is 16.3. The number of fused-ring (bicyclic) bond motifs is 1. The highest BCUT2D eigenvalue weighted by molar-refractivity contribution is 5.61. The number of phenols is 1. The molecule has 0 saturated heterocycles. The lowest BCUT2D eigenvalue weighted by Gasteiger charge is -2.06. The average Bonchev–Trinajstić information content (AvgIpc) is 2.84. The molecule has 0 aliphatic carbocycles. The zero-order valence-corrected chi connectivity index (χ0v) is 11.1. The Morgan fingerprint density at radius 1 is 1.20 bits per heavy atom. The Kier molecular flexibility index (Phi) is 3.20. The van der Waals surface area contributed by atoms with Gasteiger partial charge < -0.3 is 10.4 Å². The summed E-state index contributed by atoms with van der Waals surface area (Å²) in [5, 5.41) is 20.7. The van der Waals surface area contributed by atoms with Gasteiger partial charge in [0.25, 0.3) is 0 Å². The highest BCUT2D eigenvalue weighted by Crippen LogP contribution is 2.13. The van der Waals surface area contributed by atoms with Crippen molar-refractivity contribution in [2.75, 3.05) is 11.9 Å². The molecule has 1 aromatic carbocycles. The molecule has 0 saturated carbocycles. The number of nitrogens with zero attached hydrogens (tertiary/aromatic N) is 4. The number of nitrogens with one attached hydrogen (secondary N) is 1. The van der Waals surface area contributed by atoms with Crippen LogP contribution in [0.4, 0.5) is 5.82 Å². The number of aromatic hydroxyl groups is 1. The van der Waals surface area contributed by atoms with Crippen LogP contribution in [0.25, 0.3) is 5.65 Å². The van der Waals surface area contributed by atoms with Crippen molar-refractivity contribution in [1.29, 1.82) is 0 Å². The summed E-state index contributed by atoms with van der Waals surface area (Å²) in [5.74, 6) is 1.85. The summed E-state index contributed by atoms with van der Waals surface area (Å²) in [6.45, 7) is 2.64. The van der Waals surface area contributed by atoms with E-state index in [9.17, 15) is 5.11 Å². The first-order valence-corrected chi connectivity index (χ1v) is 6.42. The largest absolute Gasteiger partial charge is 0.508 e. The van der Waals surface area contributed by atoms with E-state index in [0.29, 0.717) is 0 Å². The quantitative estimate of drug-likeness (QED) is 0.755. The number of hydrogen-bond donors (Lipinski definition) is 2. The maximum absolute atomic E-state index is 9.24. The van der Waals surface area contributed by atoms with Crippen molar-refractivity contribution >= 4 is 11.5 Å². The molecule has 0 atom stereocenters. The maximum atomic E-state index is 9.24. The SMILES string of the molecule is Cc1nnc2c(NCCc3ccc(O)cc3)nccn12. The standard InChI is InChI=1S/C14H15N5O/c1-10-17-18-14-13(16-8-9-19(10)14)15-7-6-11-2-4-12(20)5-3-11/h2-5,8-9,20H,6-7H2,1H3,(H,15,16). The van der Waals surface area contributed by atoms with E-state index in [1.165, 1.54) is 0 Å². The van der Waals surface area contributed by atoms with E-state index >= 15 is 0 Å². The predicted molar refractivity (Wildman–Crippen MR) is 75.8 cm³/mol. The summed E-state index contributed by atoms with van der Waals surface area (Å²) in [7, 11) is 0. The van der Waals surface area contributed by atoms with E-state index in [1.54, 1.807) is 18.3 Å². The molecule has 20 heavy (non-hydrogen) atoms. The predicted octanol–water partition coefficient (Wildman–Crippen LogP) is 1.79. The second-order valence-corrected chi connectivity index (χ2v) is 4.56. The first kappa shape index (κ1) is 12.4. The lowest BCUT2D eigenvalue weighted by atomic mass is 10.1. The number of aryl methyl sites for hydroxylation is 1. The number of phenolic OH excluding ortho intramolecular Hbond substituents is 1. The normalized spacial score (nSPS) is 10.8. The lowest BCUT2D eigenvalue weighted by Crippen LogP contribution is -2.08. The van der Waals surface area contributed by atoms with Gasteiger partial charge in [-0.1, -0.05) is 12.1 Å². The van der Waals surface area contributed by atoms with Gasteiger partial charge in [-0.3, -0.25) is 4.40 Å². The molecule has 0 aliphatic rings. The Morgan fingerprint density at radius 3 is 2.80 bits per heavy atom. The van der Waals surface area contributed by atoms with Crippen molar-refractivity contribution in [1.82, 2.24) is 19.6 Å². The molecule has 2 aromatic heterocycles. The van der Waals surface area contributed by atoms with E-state index in [4.69, 9.17) is 0 Å². The van der Waals surface area contributed by atoms with Gasteiger partial charge in [-0.15, -0.1) is 10.2 Å². The van der Waals surface area contributed by atoms with E-state index in [1.807, 2.05) is 29.7 Å². The number of rotatable bonds is 4. The minimum atomic E-state index is 0.284. The lowest BCUT2D eigenvalue weighted by molar-refractivity contribution is 0.475. The van der Waals surface area contributed by atoms with Gasteiger partial charge >= 0.3 is 0 Å². The van der Waals surface area contributed by atoms with Gasteiger partial charge in [-0.25, -0.2) is 4.98 Å². The first-order valence-electron chi connectivity index (χ1n) is 6.42. The third-order valence-corrected chi connectivity index (χ3v) is 3.14. The number of benzene rings is 1. The second-order valence-electron chi connectivity index (χ2n) is 4.56. The van der Waals surface area contributed by atoms with Crippen LogP contribution >= 0.6 is 0 Å². The fourth-order valence-corrected chi connectivity index (χ4v) is 2.05. The molecule has 0 radical (unpaired) electrons. The van der Waals surface area contributed by atoms with Gasteiger partial charge in [0, 0.05) is 18.9 Å². The van der Waals surface area contributed by atoms with Crippen LogP contribution in [0, 0.1) is 6.92 Å². The van der Waals surface area contributed by atoms with Crippen LogP contribution in [-0.4, -0.2) is 31.2 Å². The van der Waals surface area contributed by atoms with E-state index < -0.39 is 0 Å². The molecule has 2 N–H and O–H groups in total. The van der Waals surface area contributed by atoms with Crippen LogP contribution in [0.5, 0.6) is 5.75 Å². The Labute approximate surface area is 116 Å². The molecule has 2 heterocycles. The van der Waals surface area contributed by atoms with E-state index in [2.05, 4.69) is 20.5 Å². The van der Waals surface area contributed by atoms with Crippen LogP contribution in [0.2, 0.25) is 0 Å². The molecule has 6 heteroatoms. The maximum Gasteiger partial charge on any atom is 0.203 e. The van der Waals surface area contributed by atoms with Crippen molar-refractivity contribution in [3.8, 4) is 5.75 Å². The zero-order valence-electron chi connectivity index (χ0n) is 11.1. The third kappa shape index (κ3) is 2.40. The van der Waals surface area contributed by atoms with Gasteiger partial charge in [0.15, 0.2) is 5.82 Å². The zero-order chi connectivity index (χ0) is 13.9. The highest BCUT2D eigenvalue weighted by Gasteiger charge is 2.06. The molecule has 6 nitrogen and oxygen atoms in total. The summed E-state index contributed by atoms with van der Waals surface area (Å²) >= 11 is 0. The van der Waals surface area contributed by atoms with Gasteiger partial charge in [0.1, 0.15) is 11.6 Å². The summed E-state index contributed by atoms with van der Waals surface area (Å²) in [6, 6.07) is 7.20. The molecule has 0 fully saturated rings. The summed E-state index contributed by atoms with van der Waals surface area (Å²) < 4.78 is 1.90. The monoisotopic (exact) mass is 269 g/mol. The minimum absolute atomic E-state index is 0.284. The molecular weight excluding hydrogens is 254 g/mol. The Hall–Kier alpha value is -2.63. The fourth-order valence-electron chi connectivity index (χ4n) is 2.05. The minimum Gasteiger partial charge on any atom is -0.508 e. The topological polar surface area (TPSA) is 75.3 Å². The first-order chi connectivity index (χ1) is 9.74.